The molecule has 2 heterocycles. The third kappa shape index (κ3) is 6.93. The number of anilines is 1. The summed E-state index contributed by atoms with van der Waals surface area (Å²) in [6, 6.07) is 11.9. The summed E-state index contributed by atoms with van der Waals surface area (Å²) in [7, 11) is 1.61. The summed E-state index contributed by atoms with van der Waals surface area (Å²) in [5.74, 6) is 4.60. The summed E-state index contributed by atoms with van der Waals surface area (Å²) in [5, 5.41) is 12.6. The second kappa shape index (κ2) is 12.6. The second-order valence-electron chi connectivity index (χ2n) is 9.77. The molecular weight excluding hydrogens is 518 g/mol. The molecule has 2 N–H and O–H groups in total. The average Bonchev–Trinajstić information content (AvgIpc) is 2.95. The zero-order valence-electron chi connectivity index (χ0n) is 22.4. The molecule has 8 nitrogen and oxygen atoms in total. The van der Waals surface area contributed by atoms with Crippen LogP contribution in [-0.4, -0.2) is 70.7 Å². The highest BCUT2D eigenvalue weighted by atomic mass is 19.1. The number of nitrogens with one attached hydrogen (secondary N) is 1. The first-order chi connectivity index (χ1) is 19.1. The highest BCUT2D eigenvalue weighted by Gasteiger charge is 2.34. The van der Waals surface area contributed by atoms with E-state index >= 15 is 0 Å². The van der Waals surface area contributed by atoms with Crippen molar-refractivity contribution in [3.63, 3.8) is 0 Å². The lowest BCUT2D eigenvalue weighted by Gasteiger charge is -2.37. The normalized spacial score (nSPS) is 17.4. The molecule has 3 atom stereocenters. The van der Waals surface area contributed by atoms with E-state index in [-0.39, 0.29) is 48.8 Å². The van der Waals surface area contributed by atoms with Crippen LogP contribution in [0, 0.1) is 29.4 Å². The molecule has 0 saturated carbocycles. The molecule has 1 aromatic heterocycles. The molecule has 0 saturated heterocycles. The van der Waals surface area contributed by atoms with Gasteiger partial charge in [-0.05, 0) is 61.5 Å². The zero-order valence-corrected chi connectivity index (χ0v) is 22.4. The molecular formula is C30H30F2N4O4. The van der Waals surface area contributed by atoms with Crippen molar-refractivity contribution in [3.05, 3.63) is 89.1 Å². The Kier molecular flexibility index (Phi) is 8.97. The zero-order chi connectivity index (χ0) is 28.8. The fraction of sp³-hybridized carbons (Fsp3) is 0.300. The van der Waals surface area contributed by atoms with Gasteiger partial charge in [-0.25, -0.2) is 18.6 Å². The Morgan fingerprint density at radius 3 is 2.42 bits per heavy atom. The first kappa shape index (κ1) is 28.5. The Labute approximate surface area is 231 Å². The molecule has 0 aliphatic carbocycles. The van der Waals surface area contributed by atoms with E-state index < -0.39 is 24.0 Å². The molecule has 4 rings (SSSR count). The monoisotopic (exact) mass is 548 g/mol. The number of amides is 3. The number of ether oxygens (including phenoxy) is 1. The van der Waals surface area contributed by atoms with Crippen LogP contribution in [0.2, 0.25) is 0 Å². The Balaban J connectivity index is 1.60. The number of aromatic nitrogens is 1. The third-order valence-electron chi connectivity index (χ3n) is 6.61. The lowest BCUT2D eigenvalue weighted by molar-refractivity contribution is 0.0356. The number of halogens is 2. The van der Waals surface area contributed by atoms with Crippen molar-refractivity contribution in [1.82, 2.24) is 14.8 Å². The van der Waals surface area contributed by atoms with Crippen molar-refractivity contribution in [2.75, 3.05) is 32.1 Å². The summed E-state index contributed by atoms with van der Waals surface area (Å²) in [4.78, 5) is 33.8. The number of hydrogen-bond acceptors (Lipinski definition) is 5. The quantitative estimate of drug-likeness (QED) is 0.468. The highest BCUT2D eigenvalue weighted by Crippen LogP contribution is 2.27. The van der Waals surface area contributed by atoms with Crippen molar-refractivity contribution in [1.29, 1.82) is 0 Å². The SMILES string of the molecule is C[C@@H]1CN([C@H](C)CO)C(=O)c2cc(C#Cc3ccc(F)cc3)cnc2O[C@@H]1CN(C)C(=O)Nc1ccc(F)cc1. The number of rotatable bonds is 5. The number of urea groups is 1. The minimum atomic E-state index is -0.548. The van der Waals surface area contributed by atoms with Gasteiger partial charge in [-0.2, -0.15) is 0 Å². The van der Waals surface area contributed by atoms with Crippen molar-refractivity contribution in [2.45, 2.75) is 26.0 Å². The van der Waals surface area contributed by atoms with Gasteiger partial charge in [-0.15, -0.1) is 0 Å². The topological polar surface area (TPSA) is 95.0 Å². The standard InChI is InChI=1S/C30H30F2N4O4/c1-19-16-36(20(2)18-37)29(38)26-14-22(5-4-21-6-8-23(31)9-7-21)15-33-28(26)40-27(19)17-35(3)30(39)34-25-12-10-24(32)11-13-25/h6-15,19-20,27,37H,16-18H2,1-3H3,(H,34,39)/t19-,20-,27-/m1/s1. The first-order valence-corrected chi connectivity index (χ1v) is 12.8. The summed E-state index contributed by atoms with van der Waals surface area (Å²) < 4.78 is 32.6. The molecule has 0 unspecified atom stereocenters. The van der Waals surface area contributed by atoms with E-state index in [4.69, 9.17) is 4.74 Å². The molecule has 0 spiro atoms. The molecule has 1 aliphatic rings. The predicted molar refractivity (Wildman–Crippen MR) is 146 cm³/mol. The molecule has 40 heavy (non-hydrogen) atoms. The average molecular weight is 549 g/mol. The summed E-state index contributed by atoms with van der Waals surface area (Å²) in [6.45, 7) is 3.83. The van der Waals surface area contributed by atoms with E-state index in [2.05, 4.69) is 22.1 Å². The molecule has 0 bridgehead atoms. The number of nitrogens with zero attached hydrogens (tertiary/aromatic N) is 3. The van der Waals surface area contributed by atoms with Gasteiger partial charge in [0.1, 0.15) is 23.3 Å². The number of carbonyl (C=O) groups excluding carboxylic acids is 2. The van der Waals surface area contributed by atoms with Crippen LogP contribution in [0.15, 0.2) is 60.8 Å². The van der Waals surface area contributed by atoms with Gasteiger partial charge in [0.2, 0.25) is 5.88 Å². The van der Waals surface area contributed by atoms with Gasteiger partial charge in [0.25, 0.3) is 5.91 Å². The third-order valence-corrected chi connectivity index (χ3v) is 6.61. The number of hydrogen-bond donors (Lipinski definition) is 2. The van der Waals surface area contributed by atoms with Crippen LogP contribution in [0.1, 0.15) is 35.3 Å². The van der Waals surface area contributed by atoms with Gasteiger partial charge in [-0.1, -0.05) is 18.8 Å². The molecule has 0 radical (unpaired) electrons. The number of aliphatic hydroxyl groups is 1. The number of pyridine rings is 1. The van der Waals surface area contributed by atoms with Crippen LogP contribution in [-0.2, 0) is 0 Å². The van der Waals surface area contributed by atoms with Gasteiger partial charge < -0.3 is 25.0 Å². The molecule has 208 valence electrons. The smallest absolute Gasteiger partial charge is 0.321 e. The summed E-state index contributed by atoms with van der Waals surface area (Å²) in [6.07, 6.45) is 0.935. The number of carbonyl (C=O) groups is 2. The van der Waals surface area contributed by atoms with E-state index in [9.17, 15) is 23.5 Å². The van der Waals surface area contributed by atoms with E-state index in [0.717, 1.165) is 0 Å². The van der Waals surface area contributed by atoms with Crippen LogP contribution in [0.5, 0.6) is 5.88 Å². The minimum Gasteiger partial charge on any atom is -0.472 e. The molecule has 3 aromatic rings. The summed E-state index contributed by atoms with van der Waals surface area (Å²) in [5.41, 5.74) is 1.68. The van der Waals surface area contributed by atoms with Crippen LogP contribution in [0.3, 0.4) is 0 Å². The lowest BCUT2D eigenvalue weighted by Crippen LogP contribution is -2.50. The number of benzene rings is 2. The second-order valence-corrected chi connectivity index (χ2v) is 9.77. The number of fused-ring (bicyclic) bond motifs is 1. The van der Waals surface area contributed by atoms with E-state index in [1.165, 1.54) is 47.5 Å². The van der Waals surface area contributed by atoms with Crippen LogP contribution >= 0.6 is 0 Å². The van der Waals surface area contributed by atoms with Crippen LogP contribution in [0.4, 0.5) is 19.3 Å². The van der Waals surface area contributed by atoms with E-state index in [0.29, 0.717) is 16.8 Å². The van der Waals surface area contributed by atoms with Gasteiger partial charge in [0, 0.05) is 42.5 Å². The first-order valence-electron chi connectivity index (χ1n) is 12.8. The Morgan fingerprint density at radius 2 is 1.77 bits per heavy atom. The molecule has 10 heteroatoms. The van der Waals surface area contributed by atoms with E-state index in [1.54, 1.807) is 37.1 Å². The van der Waals surface area contributed by atoms with Gasteiger partial charge >= 0.3 is 6.03 Å². The maximum absolute atomic E-state index is 13.6. The van der Waals surface area contributed by atoms with Crippen LogP contribution < -0.4 is 10.1 Å². The number of aliphatic hydroxyl groups excluding tert-OH is 1. The molecule has 3 amide bonds. The fourth-order valence-corrected chi connectivity index (χ4v) is 4.17. The van der Waals surface area contributed by atoms with Crippen molar-refractivity contribution in [3.8, 4) is 17.7 Å². The Bertz CT molecular complexity index is 1420. The largest absolute Gasteiger partial charge is 0.472 e. The fourth-order valence-electron chi connectivity index (χ4n) is 4.17. The Morgan fingerprint density at radius 1 is 1.15 bits per heavy atom. The maximum atomic E-state index is 13.6. The molecule has 2 aromatic carbocycles. The van der Waals surface area contributed by atoms with Crippen LogP contribution in [0.25, 0.3) is 0 Å². The van der Waals surface area contributed by atoms with Crippen molar-refractivity contribution < 1.29 is 28.2 Å². The van der Waals surface area contributed by atoms with Gasteiger partial charge in [0.05, 0.1) is 19.2 Å². The van der Waals surface area contributed by atoms with Gasteiger partial charge in [-0.3, -0.25) is 4.79 Å². The number of likely N-dealkylation sites (N-methyl/N-ethyl adjacent to an activating group) is 1. The lowest BCUT2D eigenvalue weighted by atomic mass is 10.00. The van der Waals surface area contributed by atoms with Crippen molar-refractivity contribution >= 4 is 17.6 Å². The minimum absolute atomic E-state index is 0.0939. The predicted octanol–water partition coefficient (Wildman–Crippen LogP) is 4.14. The van der Waals surface area contributed by atoms with E-state index in [1.807, 2.05) is 6.92 Å². The highest BCUT2D eigenvalue weighted by molar-refractivity contribution is 5.97. The Hall–Kier alpha value is -4.49. The summed E-state index contributed by atoms with van der Waals surface area (Å²) >= 11 is 0. The maximum Gasteiger partial charge on any atom is 0.321 e. The molecule has 1 aliphatic heterocycles. The molecule has 0 fully saturated rings. The van der Waals surface area contributed by atoms with Gasteiger partial charge in [0.15, 0.2) is 0 Å². The van der Waals surface area contributed by atoms with Crippen molar-refractivity contribution in [2.24, 2.45) is 5.92 Å².